The van der Waals surface area contributed by atoms with Gasteiger partial charge in [-0.25, -0.2) is 0 Å². The molecule has 6 rings (SSSR count). The number of nitrogens with one attached hydrogen (secondary N) is 3. The minimum absolute atomic E-state index is 0.00206. The van der Waals surface area contributed by atoms with Crippen LogP contribution in [0.25, 0.3) is 0 Å². The molecule has 5 atom stereocenters. The third-order valence-electron chi connectivity index (χ3n) is 9.88. The Hall–Kier alpha value is -4.96. The van der Waals surface area contributed by atoms with E-state index in [2.05, 4.69) is 207 Å². The van der Waals surface area contributed by atoms with Crippen LogP contribution >= 0.6 is 0 Å². The maximum absolute atomic E-state index is 4.15. The molecule has 3 nitrogen and oxygen atoms in total. The van der Waals surface area contributed by atoms with E-state index >= 15 is 0 Å². The summed E-state index contributed by atoms with van der Waals surface area (Å²) in [5.41, 5.74) is 10.0. The second-order valence-corrected chi connectivity index (χ2v) is 13.1. The summed E-state index contributed by atoms with van der Waals surface area (Å²) in [5.74, 6) is 0. The summed E-state index contributed by atoms with van der Waals surface area (Å²) in [6, 6.07) is 62.0. The van der Waals surface area contributed by atoms with E-state index in [1.807, 2.05) is 0 Å². The van der Waals surface area contributed by atoms with Crippen LogP contribution in [0.1, 0.15) is 109 Å². The Morgan fingerprint density at radius 2 is 0.720 bits per heavy atom. The van der Waals surface area contributed by atoms with Crippen molar-refractivity contribution in [1.82, 2.24) is 10.6 Å². The first-order valence-corrected chi connectivity index (χ1v) is 18.4. The van der Waals surface area contributed by atoms with E-state index in [1.54, 1.807) is 0 Å². The lowest BCUT2D eigenvalue weighted by Crippen LogP contribution is -2.29. The van der Waals surface area contributed by atoms with E-state index in [-0.39, 0.29) is 30.2 Å². The van der Waals surface area contributed by atoms with E-state index in [9.17, 15) is 0 Å². The summed E-state index contributed by atoms with van der Waals surface area (Å²) in [5, 5.41) is 12.3. The average molecular weight is 658 g/mol. The summed E-state index contributed by atoms with van der Waals surface area (Å²) < 4.78 is 0. The highest BCUT2D eigenvalue weighted by Gasteiger charge is 2.26. The molecular formula is C47H51N3. The Morgan fingerprint density at radius 1 is 0.360 bits per heavy atom. The number of rotatable bonds is 16. The van der Waals surface area contributed by atoms with Crippen LogP contribution in [0.2, 0.25) is 0 Å². The Kier molecular flexibility index (Phi) is 12.3. The molecular weight excluding hydrogens is 607 g/mol. The molecule has 0 aliphatic carbocycles. The van der Waals surface area contributed by atoms with E-state index in [4.69, 9.17) is 0 Å². The van der Waals surface area contributed by atoms with Crippen molar-refractivity contribution in [2.75, 3.05) is 5.32 Å². The summed E-state index contributed by atoms with van der Waals surface area (Å²) in [7, 11) is 0. The smallest absolute Gasteiger partial charge is 0.0602 e. The van der Waals surface area contributed by atoms with Crippen molar-refractivity contribution in [3.8, 4) is 0 Å². The topological polar surface area (TPSA) is 36.1 Å². The summed E-state index contributed by atoms with van der Waals surface area (Å²) >= 11 is 0. The van der Waals surface area contributed by atoms with Gasteiger partial charge in [0.05, 0.1) is 18.1 Å². The van der Waals surface area contributed by atoms with Crippen molar-refractivity contribution < 1.29 is 0 Å². The van der Waals surface area contributed by atoms with Crippen molar-refractivity contribution in [2.24, 2.45) is 0 Å². The van der Waals surface area contributed by atoms with Gasteiger partial charge in [0.15, 0.2) is 0 Å². The minimum atomic E-state index is -0.0513. The van der Waals surface area contributed by atoms with Gasteiger partial charge in [0.1, 0.15) is 0 Å². The lowest BCUT2D eigenvalue weighted by molar-refractivity contribution is 0.467. The Bertz CT molecular complexity index is 1840. The highest BCUT2D eigenvalue weighted by Crippen LogP contribution is 2.38. The molecule has 254 valence electrons. The van der Waals surface area contributed by atoms with Gasteiger partial charge in [0.2, 0.25) is 0 Å². The van der Waals surface area contributed by atoms with E-state index in [0.717, 1.165) is 24.9 Å². The third-order valence-corrected chi connectivity index (χ3v) is 9.88. The lowest BCUT2D eigenvalue weighted by Gasteiger charge is -2.32. The first kappa shape index (κ1) is 34.9. The summed E-state index contributed by atoms with van der Waals surface area (Å²) in [4.78, 5) is 0. The van der Waals surface area contributed by atoms with Crippen molar-refractivity contribution in [3.05, 3.63) is 209 Å². The zero-order valence-electron chi connectivity index (χ0n) is 29.7. The normalized spacial score (nSPS) is 14.3. The van der Waals surface area contributed by atoms with Gasteiger partial charge in [-0.2, -0.15) is 0 Å². The Morgan fingerprint density at radius 3 is 1.14 bits per heavy atom. The van der Waals surface area contributed by atoms with Gasteiger partial charge in [0.25, 0.3) is 0 Å². The molecule has 3 heteroatoms. The number of hydrogen-bond donors (Lipinski definition) is 3. The maximum Gasteiger partial charge on any atom is 0.0602 e. The van der Waals surface area contributed by atoms with Crippen molar-refractivity contribution in [1.29, 1.82) is 0 Å². The molecule has 0 radical (unpaired) electrons. The number of hydrogen-bond acceptors (Lipinski definition) is 3. The molecule has 5 unspecified atom stereocenters. The van der Waals surface area contributed by atoms with Crippen LogP contribution in [-0.2, 0) is 0 Å². The molecule has 0 saturated heterocycles. The number of anilines is 1. The first-order chi connectivity index (χ1) is 24.7. The molecule has 50 heavy (non-hydrogen) atoms. The highest BCUT2D eigenvalue weighted by atomic mass is 15.0. The molecule has 0 spiro atoms. The van der Waals surface area contributed by atoms with Gasteiger partial charge in [-0.1, -0.05) is 178 Å². The molecule has 0 aromatic heterocycles. The average Bonchev–Trinajstić information content (AvgIpc) is 3.20. The Labute approximate surface area is 299 Å². The van der Waals surface area contributed by atoms with Gasteiger partial charge < -0.3 is 5.32 Å². The van der Waals surface area contributed by atoms with Crippen molar-refractivity contribution in [2.45, 2.75) is 70.2 Å². The minimum Gasteiger partial charge on any atom is -0.378 e. The van der Waals surface area contributed by atoms with Gasteiger partial charge in [0, 0.05) is 17.8 Å². The van der Waals surface area contributed by atoms with E-state index in [1.165, 1.54) is 38.9 Å². The zero-order chi connectivity index (χ0) is 34.5. The predicted molar refractivity (Wildman–Crippen MR) is 211 cm³/mol. The van der Waals surface area contributed by atoms with Gasteiger partial charge in [-0.3, -0.25) is 10.6 Å². The molecule has 0 fully saturated rings. The van der Waals surface area contributed by atoms with Crippen LogP contribution in [0.4, 0.5) is 5.69 Å². The molecule has 0 aliphatic heterocycles. The molecule has 0 aliphatic rings. The van der Waals surface area contributed by atoms with Crippen molar-refractivity contribution >= 4 is 5.69 Å². The van der Waals surface area contributed by atoms with Crippen LogP contribution in [0.15, 0.2) is 170 Å². The number of benzene rings is 6. The van der Waals surface area contributed by atoms with Crippen LogP contribution in [0, 0.1) is 0 Å². The van der Waals surface area contributed by atoms with Crippen LogP contribution in [0.5, 0.6) is 0 Å². The van der Waals surface area contributed by atoms with E-state index < -0.39 is 0 Å². The van der Waals surface area contributed by atoms with Gasteiger partial charge in [-0.15, -0.1) is 0 Å². The molecule has 0 amide bonds. The van der Waals surface area contributed by atoms with Crippen LogP contribution in [0.3, 0.4) is 0 Å². The molecule has 0 heterocycles. The lowest BCUT2D eigenvalue weighted by atomic mass is 9.89. The predicted octanol–water partition coefficient (Wildman–Crippen LogP) is 11.9. The molecule has 6 aromatic rings. The zero-order valence-corrected chi connectivity index (χ0v) is 29.7. The Balaban J connectivity index is 1.50. The second kappa shape index (κ2) is 17.6. The molecule has 0 bridgehead atoms. The first-order valence-electron chi connectivity index (χ1n) is 18.4. The summed E-state index contributed by atoms with van der Waals surface area (Å²) in [6.07, 6.45) is 2.93. The molecule has 3 N–H and O–H groups in total. The van der Waals surface area contributed by atoms with Crippen LogP contribution in [-0.4, -0.2) is 0 Å². The summed E-state index contributed by atoms with van der Waals surface area (Å²) in [6.45, 7) is 6.80. The second-order valence-electron chi connectivity index (χ2n) is 13.1. The van der Waals surface area contributed by atoms with Gasteiger partial charge >= 0.3 is 0 Å². The van der Waals surface area contributed by atoms with Crippen molar-refractivity contribution in [3.63, 3.8) is 0 Å². The third kappa shape index (κ3) is 8.60. The largest absolute Gasteiger partial charge is 0.378 e. The standard InChI is InChI=1S/C47H51N3/c1-4-42(35-22-12-7-13-23-35)48-45-33-32-40(46(38-28-18-10-19-29-38)49-43(5-2)36-24-14-8-15-25-36)34-41(45)47(39-30-20-11-21-31-39)50-44(6-3)37-26-16-9-17-27-37/h7-34,42-44,46-50H,4-6H2,1-3H3. The fraction of sp³-hybridized carbons (Fsp3) is 0.234. The fourth-order valence-corrected chi connectivity index (χ4v) is 7.14. The van der Waals surface area contributed by atoms with E-state index in [0.29, 0.717) is 0 Å². The SMILES string of the molecule is CCC(Nc1ccc(C(NC(CC)c2ccccc2)c2ccccc2)cc1C(NC(CC)c1ccccc1)c1ccccc1)c1ccccc1. The van der Waals surface area contributed by atoms with Gasteiger partial charge in [-0.05, 0) is 70.3 Å². The molecule has 6 aromatic carbocycles. The fourth-order valence-electron chi connectivity index (χ4n) is 7.14. The maximum atomic E-state index is 4.15. The quantitative estimate of drug-likeness (QED) is 0.0969. The molecule has 0 saturated carbocycles. The monoisotopic (exact) mass is 657 g/mol. The highest BCUT2D eigenvalue weighted by molar-refractivity contribution is 5.59. The van der Waals surface area contributed by atoms with Crippen LogP contribution < -0.4 is 16.0 Å².